The SMILES string of the molecule is COCCC(C)NC(=O)c1ccccc1N. The molecule has 0 heterocycles. The van der Waals surface area contributed by atoms with Crippen LogP contribution in [0.5, 0.6) is 0 Å². The number of nitrogens with two attached hydrogens (primary N) is 1. The van der Waals surface area contributed by atoms with Crippen molar-refractivity contribution in [3.05, 3.63) is 29.8 Å². The molecule has 0 aliphatic heterocycles. The van der Waals surface area contributed by atoms with Crippen molar-refractivity contribution < 1.29 is 9.53 Å². The molecule has 4 nitrogen and oxygen atoms in total. The fourth-order valence-electron chi connectivity index (χ4n) is 1.37. The second-order valence-electron chi connectivity index (χ2n) is 3.74. The fraction of sp³-hybridized carbons (Fsp3) is 0.417. The van der Waals surface area contributed by atoms with Gasteiger partial charge in [-0.15, -0.1) is 0 Å². The van der Waals surface area contributed by atoms with Crippen LogP contribution in [0.1, 0.15) is 23.7 Å². The summed E-state index contributed by atoms with van der Waals surface area (Å²) in [7, 11) is 1.64. The zero-order valence-corrected chi connectivity index (χ0v) is 9.69. The molecule has 1 rings (SSSR count). The van der Waals surface area contributed by atoms with E-state index in [2.05, 4.69) is 5.32 Å². The normalized spacial score (nSPS) is 12.1. The third-order valence-corrected chi connectivity index (χ3v) is 2.34. The number of benzene rings is 1. The molecule has 88 valence electrons. The summed E-state index contributed by atoms with van der Waals surface area (Å²) < 4.78 is 4.95. The highest BCUT2D eigenvalue weighted by molar-refractivity contribution is 5.99. The van der Waals surface area contributed by atoms with E-state index in [9.17, 15) is 4.79 Å². The molecule has 0 saturated heterocycles. The maximum atomic E-state index is 11.8. The quantitative estimate of drug-likeness (QED) is 0.741. The molecule has 1 atom stereocenters. The summed E-state index contributed by atoms with van der Waals surface area (Å²) in [5.74, 6) is -0.137. The molecule has 0 radical (unpaired) electrons. The molecule has 0 spiro atoms. The molecule has 0 fully saturated rings. The van der Waals surface area contributed by atoms with Crippen molar-refractivity contribution >= 4 is 11.6 Å². The van der Waals surface area contributed by atoms with Crippen molar-refractivity contribution in [2.45, 2.75) is 19.4 Å². The number of nitrogens with one attached hydrogen (secondary N) is 1. The first-order valence-corrected chi connectivity index (χ1v) is 5.29. The van der Waals surface area contributed by atoms with E-state index < -0.39 is 0 Å². The monoisotopic (exact) mass is 222 g/mol. The molecular formula is C12H18N2O2. The second kappa shape index (κ2) is 6.12. The van der Waals surface area contributed by atoms with Crippen LogP contribution in [0.25, 0.3) is 0 Å². The Bertz CT molecular complexity index is 353. The highest BCUT2D eigenvalue weighted by atomic mass is 16.5. The number of carbonyl (C=O) groups is 1. The van der Waals surface area contributed by atoms with Crippen molar-refractivity contribution in [1.29, 1.82) is 0 Å². The number of hydrogen-bond acceptors (Lipinski definition) is 3. The first-order chi connectivity index (χ1) is 7.65. The highest BCUT2D eigenvalue weighted by Crippen LogP contribution is 2.10. The molecule has 1 aromatic rings. The number of nitrogen functional groups attached to an aromatic ring is 1. The summed E-state index contributed by atoms with van der Waals surface area (Å²) in [6, 6.07) is 7.11. The average molecular weight is 222 g/mol. The fourth-order valence-corrected chi connectivity index (χ4v) is 1.37. The van der Waals surface area contributed by atoms with E-state index in [1.54, 1.807) is 31.4 Å². The van der Waals surface area contributed by atoms with Crippen LogP contribution in [0, 0.1) is 0 Å². The molecule has 1 aromatic carbocycles. The van der Waals surface area contributed by atoms with Gasteiger partial charge in [-0.25, -0.2) is 0 Å². The van der Waals surface area contributed by atoms with Gasteiger partial charge in [0.15, 0.2) is 0 Å². The molecule has 3 N–H and O–H groups in total. The first-order valence-electron chi connectivity index (χ1n) is 5.29. The average Bonchev–Trinajstić information content (AvgIpc) is 2.26. The molecule has 0 aromatic heterocycles. The Kier molecular flexibility index (Phi) is 4.79. The van der Waals surface area contributed by atoms with Crippen LogP contribution in [0.2, 0.25) is 0 Å². The standard InChI is InChI=1S/C12H18N2O2/c1-9(7-8-16-2)14-12(15)10-5-3-4-6-11(10)13/h3-6,9H,7-8,13H2,1-2H3,(H,14,15). The van der Waals surface area contributed by atoms with Crippen molar-refractivity contribution in [3.8, 4) is 0 Å². The lowest BCUT2D eigenvalue weighted by Crippen LogP contribution is -2.33. The van der Waals surface area contributed by atoms with Gasteiger partial charge in [-0.3, -0.25) is 4.79 Å². The number of methoxy groups -OCH3 is 1. The summed E-state index contributed by atoms with van der Waals surface area (Å²) in [6.07, 6.45) is 0.787. The minimum atomic E-state index is -0.137. The van der Waals surface area contributed by atoms with Crippen molar-refractivity contribution in [2.75, 3.05) is 19.5 Å². The van der Waals surface area contributed by atoms with Crippen LogP contribution in [0.15, 0.2) is 24.3 Å². The molecule has 1 amide bonds. The topological polar surface area (TPSA) is 64.3 Å². The maximum absolute atomic E-state index is 11.8. The molecule has 0 aliphatic carbocycles. The summed E-state index contributed by atoms with van der Waals surface area (Å²) in [5.41, 5.74) is 6.73. The van der Waals surface area contributed by atoms with Gasteiger partial charge in [0.05, 0.1) is 5.56 Å². The van der Waals surface area contributed by atoms with Crippen LogP contribution < -0.4 is 11.1 Å². The second-order valence-corrected chi connectivity index (χ2v) is 3.74. The van der Waals surface area contributed by atoms with Gasteiger partial charge in [0.25, 0.3) is 5.91 Å². The highest BCUT2D eigenvalue weighted by Gasteiger charge is 2.11. The maximum Gasteiger partial charge on any atom is 0.253 e. The molecular weight excluding hydrogens is 204 g/mol. The van der Waals surface area contributed by atoms with E-state index in [0.717, 1.165) is 6.42 Å². The predicted molar refractivity (Wildman–Crippen MR) is 64.3 cm³/mol. The lowest BCUT2D eigenvalue weighted by molar-refractivity contribution is 0.0930. The van der Waals surface area contributed by atoms with Crippen LogP contribution >= 0.6 is 0 Å². The van der Waals surface area contributed by atoms with Crippen molar-refractivity contribution in [3.63, 3.8) is 0 Å². The minimum Gasteiger partial charge on any atom is -0.398 e. The van der Waals surface area contributed by atoms with Crippen molar-refractivity contribution in [2.24, 2.45) is 0 Å². The van der Waals surface area contributed by atoms with Crippen molar-refractivity contribution in [1.82, 2.24) is 5.32 Å². The molecule has 0 saturated carbocycles. The van der Waals surface area contributed by atoms with Gasteiger partial charge >= 0.3 is 0 Å². The Morgan fingerprint density at radius 1 is 1.50 bits per heavy atom. The molecule has 4 heteroatoms. The summed E-state index contributed by atoms with van der Waals surface area (Å²) in [4.78, 5) is 11.8. The smallest absolute Gasteiger partial charge is 0.253 e. The number of carbonyl (C=O) groups excluding carboxylic acids is 1. The van der Waals surface area contributed by atoms with Gasteiger partial charge in [-0.2, -0.15) is 0 Å². The van der Waals surface area contributed by atoms with Gasteiger partial charge in [0.2, 0.25) is 0 Å². The zero-order chi connectivity index (χ0) is 12.0. The minimum absolute atomic E-state index is 0.0760. The van der Waals surface area contributed by atoms with E-state index in [-0.39, 0.29) is 11.9 Å². The molecule has 0 aliphatic rings. The van der Waals surface area contributed by atoms with Crippen LogP contribution in [0.4, 0.5) is 5.69 Å². The summed E-state index contributed by atoms with van der Waals surface area (Å²) in [6.45, 7) is 2.57. The van der Waals surface area contributed by atoms with E-state index in [4.69, 9.17) is 10.5 Å². The lowest BCUT2D eigenvalue weighted by atomic mass is 10.1. The predicted octanol–water partition coefficient (Wildman–Crippen LogP) is 1.42. The Morgan fingerprint density at radius 2 is 2.19 bits per heavy atom. The Labute approximate surface area is 95.8 Å². The number of ether oxygens (including phenoxy) is 1. The van der Waals surface area contributed by atoms with E-state index >= 15 is 0 Å². The zero-order valence-electron chi connectivity index (χ0n) is 9.69. The lowest BCUT2D eigenvalue weighted by Gasteiger charge is -2.14. The van der Waals surface area contributed by atoms with E-state index in [1.165, 1.54) is 0 Å². The number of anilines is 1. The van der Waals surface area contributed by atoms with Crippen LogP contribution in [-0.2, 0) is 4.74 Å². The first kappa shape index (κ1) is 12.5. The Balaban J connectivity index is 2.56. The summed E-state index contributed by atoms with van der Waals surface area (Å²) in [5, 5.41) is 2.87. The number of para-hydroxylation sites is 1. The number of amides is 1. The Hall–Kier alpha value is -1.55. The number of hydrogen-bond donors (Lipinski definition) is 2. The van der Waals surface area contributed by atoms with Gasteiger partial charge in [-0.1, -0.05) is 12.1 Å². The largest absolute Gasteiger partial charge is 0.398 e. The molecule has 1 unspecified atom stereocenters. The Morgan fingerprint density at radius 3 is 2.81 bits per heavy atom. The third kappa shape index (κ3) is 3.55. The van der Waals surface area contributed by atoms with E-state index in [0.29, 0.717) is 17.9 Å². The number of rotatable bonds is 5. The molecule has 16 heavy (non-hydrogen) atoms. The third-order valence-electron chi connectivity index (χ3n) is 2.34. The van der Waals surface area contributed by atoms with Crippen LogP contribution in [-0.4, -0.2) is 25.7 Å². The summed E-state index contributed by atoms with van der Waals surface area (Å²) >= 11 is 0. The molecule has 0 bridgehead atoms. The van der Waals surface area contributed by atoms with E-state index in [1.807, 2.05) is 6.92 Å². The van der Waals surface area contributed by atoms with Gasteiger partial charge in [0, 0.05) is 25.4 Å². The van der Waals surface area contributed by atoms with Crippen LogP contribution in [0.3, 0.4) is 0 Å². The van der Waals surface area contributed by atoms with Gasteiger partial charge in [0.1, 0.15) is 0 Å². The van der Waals surface area contributed by atoms with Gasteiger partial charge in [-0.05, 0) is 25.5 Å². The van der Waals surface area contributed by atoms with Gasteiger partial charge < -0.3 is 15.8 Å².